The van der Waals surface area contributed by atoms with Crippen molar-refractivity contribution < 1.29 is 24.5 Å². The molecule has 0 radical (unpaired) electrons. The lowest BCUT2D eigenvalue weighted by Gasteiger charge is -2.31. The molecule has 35 heavy (non-hydrogen) atoms. The largest absolute Gasteiger partial charge is 0.458 e. The van der Waals surface area contributed by atoms with Gasteiger partial charge in [0.15, 0.2) is 5.60 Å². The number of nitrogens with two attached hydrogens (primary N) is 1. The van der Waals surface area contributed by atoms with Crippen LogP contribution >= 0.6 is 0 Å². The third-order valence-corrected chi connectivity index (χ3v) is 6.54. The van der Waals surface area contributed by atoms with E-state index in [9.17, 15) is 19.5 Å². The Balaban J connectivity index is 1.69. The number of ether oxygens (including phenoxy) is 1. The number of fused-ring (bicyclic) bond motifs is 5. The van der Waals surface area contributed by atoms with E-state index in [1.165, 1.54) is 10.8 Å². The third-order valence-electron chi connectivity index (χ3n) is 6.54. The molecule has 2 aromatic heterocycles. The molecule has 1 aromatic carbocycles. The van der Waals surface area contributed by atoms with E-state index in [4.69, 9.17) is 20.6 Å². The van der Waals surface area contributed by atoms with Crippen LogP contribution in [-0.4, -0.2) is 50.5 Å². The highest BCUT2D eigenvalue weighted by Crippen LogP contribution is 2.39. The normalized spacial score (nSPS) is 19.3. The van der Waals surface area contributed by atoms with Crippen molar-refractivity contribution in [2.45, 2.75) is 38.1 Å². The van der Waals surface area contributed by atoms with Crippen LogP contribution in [0.2, 0.25) is 0 Å². The maximum Gasteiger partial charge on any atom is 0.343 e. The number of hydrazone groups is 1. The predicted molar refractivity (Wildman–Crippen MR) is 125 cm³/mol. The summed E-state index contributed by atoms with van der Waals surface area (Å²) in [4.78, 5) is 42.5. The maximum atomic E-state index is 13.4. The minimum atomic E-state index is -1.91. The number of benzene rings is 1. The van der Waals surface area contributed by atoms with Gasteiger partial charge in [0.25, 0.3) is 11.5 Å². The summed E-state index contributed by atoms with van der Waals surface area (Å²) >= 11 is 0. The van der Waals surface area contributed by atoms with Gasteiger partial charge in [-0.3, -0.25) is 9.59 Å². The number of amides is 1. The number of aliphatic hydroxyl groups is 2. The molecule has 11 heteroatoms. The van der Waals surface area contributed by atoms with Crippen LogP contribution in [0.25, 0.3) is 22.3 Å². The van der Waals surface area contributed by atoms with Gasteiger partial charge in [-0.05, 0) is 18.6 Å². The number of esters is 1. The Morgan fingerprint density at radius 2 is 2.14 bits per heavy atom. The summed E-state index contributed by atoms with van der Waals surface area (Å²) in [5.41, 5.74) is 8.96. The fourth-order valence-electron chi connectivity index (χ4n) is 4.53. The Bertz CT molecular complexity index is 1480. The van der Waals surface area contributed by atoms with Crippen LogP contribution in [0, 0.1) is 0 Å². The third kappa shape index (κ3) is 3.43. The lowest BCUT2D eigenvalue weighted by molar-refractivity contribution is -0.172. The average Bonchev–Trinajstić information content (AvgIpc) is 3.24. The number of aromatic nitrogens is 2. The number of cyclic esters (lactones) is 1. The number of rotatable bonds is 5. The maximum absolute atomic E-state index is 13.4. The molecular formula is C24H23N5O6. The highest BCUT2D eigenvalue weighted by molar-refractivity contribution is 6.02. The molecule has 0 saturated carbocycles. The topological polar surface area (TPSA) is 169 Å². The highest BCUT2D eigenvalue weighted by Gasteiger charge is 2.45. The van der Waals surface area contributed by atoms with Crippen molar-refractivity contribution in [1.82, 2.24) is 15.0 Å². The van der Waals surface area contributed by atoms with Crippen LogP contribution in [-0.2, 0) is 33.1 Å². The van der Waals surface area contributed by atoms with Gasteiger partial charge in [-0.1, -0.05) is 25.1 Å². The number of pyridine rings is 2. The molecule has 0 bridgehead atoms. The van der Waals surface area contributed by atoms with E-state index in [-0.39, 0.29) is 36.3 Å². The summed E-state index contributed by atoms with van der Waals surface area (Å²) in [6.45, 7) is 1.09. The number of aliphatic hydroxyl groups excluding tert-OH is 1. The number of hydrogen-bond donors (Lipinski definition) is 4. The fraction of sp³-hybridized carbons (Fsp3) is 0.292. The molecule has 0 fully saturated rings. The van der Waals surface area contributed by atoms with E-state index in [2.05, 4.69) is 10.5 Å². The zero-order valence-electron chi connectivity index (χ0n) is 18.8. The van der Waals surface area contributed by atoms with E-state index >= 15 is 0 Å². The van der Waals surface area contributed by atoms with Crippen molar-refractivity contribution in [2.75, 3.05) is 6.61 Å². The SMILES string of the molecule is CC[C@@]1(O)C(=O)OCc2c1cc1n(c2=O)Cc2c-1nc1ccccc1c2/C=N/NC(=O)C(N)CO. The molecule has 2 aliphatic rings. The Kier molecular flexibility index (Phi) is 5.47. The van der Waals surface area contributed by atoms with E-state index in [0.29, 0.717) is 28.0 Å². The quantitative estimate of drug-likeness (QED) is 0.175. The standard InChI is InChI=1S/C24H23N5O6/c1-2-24(34)16-7-19-20-14(9-29(19)22(32)15(16)11-35-23(24)33)13(8-26-28-21(31)17(25)10-30)12-5-3-4-6-18(12)27-20/h3-8,17,30,34H,2,9-11,25H2,1H3,(H,28,31)/b26-8+/t17?,24-/m0/s1. The van der Waals surface area contributed by atoms with Gasteiger partial charge >= 0.3 is 5.97 Å². The second-order valence-electron chi connectivity index (χ2n) is 8.50. The van der Waals surface area contributed by atoms with E-state index < -0.39 is 30.1 Å². The predicted octanol–water partition coefficient (Wildman–Crippen LogP) is -0.151. The van der Waals surface area contributed by atoms with Crippen molar-refractivity contribution in [1.29, 1.82) is 0 Å². The molecule has 1 amide bonds. The number of carbonyl (C=O) groups excluding carboxylic acids is 2. The number of nitrogens with zero attached hydrogens (tertiary/aromatic N) is 3. The summed E-state index contributed by atoms with van der Waals surface area (Å²) < 4.78 is 6.64. The zero-order chi connectivity index (χ0) is 24.9. The average molecular weight is 477 g/mol. The van der Waals surface area contributed by atoms with E-state index in [1.807, 2.05) is 24.3 Å². The Labute approximate surface area is 198 Å². The van der Waals surface area contributed by atoms with Crippen LogP contribution in [0.3, 0.4) is 0 Å². The molecule has 5 rings (SSSR count). The monoisotopic (exact) mass is 477 g/mol. The Morgan fingerprint density at radius 1 is 1.37 bits per heavy atom. The number of para-hydroxylation sites is 1. The molecule has 11 nitrogen and oxygen atoms in total. The van der Waals surface area contributed by atoms with Crippen LogP contribution < -0.4 is 16.7 Å². The number of carbonyl (C=O) groups is 2. The van der Waals surface area contributed by atoms with Crippen molar-refractivity contribution in [3.63, 3.8) is 0 Å². The van der Waals surface area contributed by atoms with Crippen LogP contribution in [0.1, 0.15) is 35.6 Å². The summed E-state index contributed by atoms with van der Waals surface area (Å²) in [6.07, 6.45) is 1.50. The molecule has 0 aliphatic carbocycles. The molecule has 2 aliphatic heterocycles. The minimum Gasteiger partial charge on any atom is -0.458 e. The first-order valence-corrected chi connectivity index (χ1v) is 11.1. The first-order valence-electron chi connectivity index (χ1n) is 11.1. The van der Waals surface area contributed by atoms with Crippen molar-refractivity contribution in [3.8, 4) is 11.4 Å². The number of nitrogens with one attached hydrogen (secondary N) is 1. The van der Waals surface area contributed by atoms with Gasteiger partial charge < -0.3 is 25.3 Å². The van der Waals surface area contributed by atoms with Gasteiger partial charge in [-0.2, -0.15) is 5.10 Å². The first kappa shape index (κ1) is 22.8. The summed E-state index contributed by atoms with van der Waals surface area (Å²) in [7, 11) is 0. The second kappa shape index (κ2) is 8.38. The van der Waals surface area contributed by atoms with E-state index in [1.54, 1.807) is 13.0 Å². The molecule has 4 heterocycles. The van der Waals surface area contributed by atoms with Gasteiger partial charge in [-0.25, -0.2) is 15.2 Å². The molecule has 1 unspecified atom stereocenters. The van der Waals surface area contributed by atoms with Gasteiger partial charge in [0, 0.05) is 22.1 Å². The Morgan fingerprint density at radius 3 is 2.89 bits per heavy atom. The lowest BCUT2D eigenvalue weighted by atomic mass is 9.86. The van der Waals surface area contributed by atoms with Gasteiger partial charge in [-0.15, -0.1) is 0 Å². The van der Waals surface area contributed by atoms with Gasteiger partial charge in [0.05, 0.1) is 41.8 Å². The highest BCUT2D eigenvalue weighted by atomic mass is 16.6. The summed E-state index contributed by atoms with van der Waals surface area (Å²) in [5, 5.41) is 24.8. The fourth-order valence-corrected chi connectivity index (χ4v) is 4.53. The second-order valence-corrected chi connectivity index (χ2v) is 8.50. The van der Waals surface area contributed by atoms with Crippen molar-refractivity contribution in [3.05, 3.63) is 62.9 Å². The van der Waals surface area contributed by atoms with Crippen LogP contribution in [0.15, 0.2) is 40.2 Å². The van der Waals surface area contributed by atoms with Gasteiger partial charge in [0.1, 0.15) is 12.6 Å². The zero-order valence-corrected chi connectivity index (χ0v) is 18.8. The minimum absolute atomic E-state index is 0.0489. The molecule has 2 atom stereocenters. The van der Waals surface area contributed by atoms with Crippen LogP contribution in [0.4, 0.5) is 0 Å². The van der Waals surface area contributed by atoms with Crippen LogP contribution in [0.5, 0.6) is 0 Å². The van der Waals surface area contributed by atoms with Crippen molar-refractivity contribution >= 4 is 29.0 Å². The summed E-state index contributed by atoms with van der Waals surface area (Å²) in [6, 6.07) is 7.85. The smallest absolute Gasteiger partial charge is 0.343 e. The molecule has 180 valence electrons. The molecular weight excluding hydrogens is 454 g/mol. The first-order chi connectivity index (χ1) is 16.8. The molecule has 5 N–H and O–H groups in total. The molecule has 0 saturated heterocycles. The van der Waals surface area contributed by atoms with Crippen molar-refractivity contribution in [2.24, 2.45) is 10.8 Å². The van der Waals surface area contributed by atoms with Gasteiger partial charge in [0.2, 0.25) is 0 Å². The van der Waals surface area contributed by atoms with E-state index in [0.717, 1.165) is 5.39 Å². The number of hydrogen-bond acceptors (Lipinski definition) is 9. The molecule has 3 aromatic rings. The lowest BCUT2D eigenvalue weighted by Crippen LogP contribution is -2.44. The summed E-state index contributed by atoms with van der Waals surface area (Å²) in [5.74, 6) is -1.43. The molecule has 0 spiro atoms. The Hall–Kier alpha value is -3.93.